The second-order valence-electron chi connectivity index (χ2n) is 14.0. The van der Waals surface area contributed by atoms with E-state index in [0.717, 1.165) is 6.42 Å². The third-order valence-corrected chi connectivity index (χ3v) is 12.0. The van der Waals surface area contributed by atoms with Crippen LogP contribution in [0.5, 0.6) is 11.6 Å². The Balaban J connectivity index is 1.35. The van der Waals surface area contributed by atoms with E-state index in [0.29, 0.717) is 36.5 Å². The van der Waals surface area contributed by atoms with Crippen LogP contribution >= 0.6 is 0 Å². The first-order valence-electron chi connectivity index (χ1n) is 16.9. The van der Waals surface area contributed by atoms with Gasteiger partial charge in [-0.3, -0.25) is 19.1 Å². The maximum absolute atomic E-state index is 14.5. The van der Waals surface area contributed by atoms with E-state index in [4.69, 9.17) is 9.47 Å². The molecular weight excluding hydrogens is 673 g/mol. The molecule has 14 nitrogen and oxygen atoms in total. The lowest BCUT2D eigenvalue weighted by Gasteiger charge is -2.32. The molecule has 6 rings (SSSR count). The SMILES string of the molecule is COc1cc(F)cc2c(O[C@@H]3C[C@H]4C(=O)N[C@]5(C(=O)NS(=O)(=O)C6CC6)C[C@H]5C=CCC[C@@H](C)C[C@@H](C)[C@H](NC(=O)O)C(=O)N4C3)nccc12. The number of pyridine rings is 1. The fraction of sp³-hybridized carbons (Fsp3) is 0.559. The van der Waals surface area contributed by atoms with Crippen LogP contribution in [0.2, 0.25) is 0 Å². The molecular formula is C34H42FN5O9S. The van der Waals surface area contributed by atoms with Crippen molar-refractivity contribution < 1.29 is 46.6 Å². The zero-order valence-corrected chi connectivity index (χ0v) is 28.9. The van der Waals surface area contributed by atoms with Crippen LogP contribution in [0.4, 0.5) is 9.18 Å². The molecule has 1 aromatic carbocycles. The van der Waals surface area contributed by atoms with E-state index in [1.807, 2.05) is 19.1 Å². The second kappa shape index (κ2) is 13.7. The van der Waals surface area contributed by atoms with Gasteiger partial charge in [-0.05, 0) is 62.5 Å². The fourth-order valence-corrected chi connectivity index (χ4v) is 8.61. The highest BCUT2D eigenvalue weighted by Gasteiger charge is 2.62. The van der Waals surface area contributed by atoms with Crippen molar-refractivity contribution in [2.45, 2.75) is 87.8 Å². The highest BCUT2D eigenvalue weighted by molar-refractivity contribution is 7.91. The van der Waals surface area contributed by atoms with Crippen molar-refractivity contribution in [1.29, 1.82) is 0 Å². The number of methoxy groups -OCH3 is 1. The summed E-state index contributed by atoms with van der Waals surface area (Å²) in [7, 11) is -2.52. The Labute approximate surface area is 289 Å². The van der Waals surface area contributed by atoms with Gasteiger partial charge in [0, 0.05) is 30.0 Å². The first-order valence-corrected chi connectivity index (χ1v) is 18.4. The Morgan fingerprint density at radius 1 is 1.14 bits per heavy atom. The number of benzene rings is 1. The van der Waals surface area contributed by atoms with Gasteiger partial charge in [0.05, 0.1) is 24.3 Å². The number of carbonyl (C=O) groups is 4. The van der Waals surface area contributed by atoms with Crippen molar-refractivity contribution in [3.05, 3.63) is 42.4 Å². The number of allylic oxidation sites excluding steroid dienone is 1. The summed E-state index contributed by atoms with van der Waals surface area (Å²) in [4.78, 5) is 59.6. The van der Waals surface area contributed by atoms with Crippen LogP contribution in [0.15, 0.2) is 36.5 Å². The molecule has 0 radical (unpaired) electrons. The van der Waals surface area contributed by atoms with Crippen LogP contribution in [0.25, 0.3) is 10.8 Å². The summed E-state index contributed by atoms with van der Waals surface area (Å²) in [5.74, 6) is -3.33. The number of carboxylic acid groups (broad SMARTS) is 1. The van der Waals surface area contributed by atoms with Crippen LogP contribution < -0.4 is 24.8 Å². The Hall–Kier alpha value is -4.47. The zero-order valence-electron chi connectivity index (χ0n) is 28.1. The summed E-state index contributed by atoms with van der Waals surface area (Å²) in [5.41, 5.74) is -1.56. The second-order valence-corrected chi connectivity index (χ2v) is 16.0. The predicted octanol–water partition coefficient (Wildman–Crippen LogP) is 2.86. The number of halogens is 1. The Kier molecular flexibility index (Phi) is 9.68. The molecule has 2 aliphatic carbocycles. The lowest BCUT2D eigenvalue weighted by Crippen LogP contribution is -2.59. The lowest BCUT2D eigenvalue weighted by molar-refractivity contribution is -0.142. The molecule has 4 N–H and O–H groups in total. The molecule has 2 aliphatic heterocycles. The number of fused-ring (bicyclic) bond motifs is 3. The van der Waals surface area contributed by atoms with Crippen LogP contribution in [0.1, 0.15) is 58.8 Å². The molecule has 1 aromatic heterocycles. The molecule has 3 fully saturated rings. The molecule has 3 heterocycles. The smallest absolute Gasteiger partial charge is 0.405 e. The molecule has 2 saturated carbocycles. The molecule has 0 unspecified atom stereocenters. The van der Waals surface area contributed by atoms with Crippen LogP contribution in [-0.2, 0) is 24.4 Å². The highest BCUT2D eigenvalue weighted by atomic mass is 32.2. The average Bonchev–Trinajstić information content (AvgIpc) is 3.98. The lowest BCUT2D eigenvalue weighted by atomic mass is 9.88. The Morgan fingerprint density at radius 2 is 1.90 bits per heavy atom. The number of aromatic nitrogens is 1. The minimum Gasteiger partial charge on any atom is -0.496 e. The third kappa shape index (κ3) is 7.21. The predicted molar refractivity (Wildman–Crippen MR) is 178 cm³/mol. The third-order valence-electron chi connectivity index (χ3n) is 10.2. The summed E-state index contributed by atoms with van der Waals surface area (Å²) in [6.45, 7) is 3.63. The molecule has 2 aromatic rings. The average molecular weight is 716 g/mol. The van der Waals surface area contributed by atoms with Gasteiger partial charge in [0.25, 0.3) is 5.91 Å². The van der Waals surface area contributed by atoms with Gasteiger partial charge in [-0.1, -0.05) is 26.0 Å². The number of nitrogens with one attached hydrogen (secondary N) is 3. The van der Waals surface area contributed by atoms with E-state index in [9.17, 15) is 37.1 Å². The van der Waals surface area contributed by atoms with Gasteiger partial charge >= 0.3 is 6.09 Å². The van der Waals surface area contributed by atoms with Gasteiger partial charge in [-0.25, -0.2) is 22.6 Å². The number of ether oxygens (including phenoxy) is 2. The molecule has 7 atom stereocenters. The monoisotopic (exact) mass is 715 g/mol. The standard InChI is InChI=1S/C34H42FN5O9S/c1-18-6-4-5-7-20-16-34(20,32(43)39-50(46,47)23-8-9-23)38-29(41)26-15-22(17-40(26)31(42)28(19(2)12-18)37-33(44)45)49-30-25-13-21(35)14-27(48-3)24(25)10-11-36-30/h5,7,10-11,13-14,18-20,22-23,26,28,37H,4,6,8-9,12,15-17H2,1-3H3,(H,38,41)(H,39,43)(H,44,45)/t18-,19-,20-,22-,26+,28+,34-/m1/s1. The van der Waals surface area contributed by atoms with Gasteiger partial charge in [-0.15, -0.1) is 0 Å². The summed E-state index contributed by atoms with van der Waals surface area (Å²) < 4.78 is 53.8. The van der Waals surface area contributed by atoms with Crippen molar-refractivity contribution in [2.24, 2.45) is 17.8 Å². The van der Waals surface area contributed by atoms with Gasteiger partial charge in [0.2, 0.25) is 27.7 Å². The highest BCUT2D eigenvalue weighted by Crippen LogP contribution is 2.46. The molecule has 1 saturated heterocycles. The number of carbonyl (C=O) groups excluding carboxylic acids is 3. The summed E-state index contributed by atoms with van der Waals surface area (Å²) >= 11 is 0. The van der Waals surface area contributed by atoms with Gasteiger partial charge in [0.15, 0.2) is 0 Å². The zero-order chi connectivity index (χ0) is 36.0. The maximum atomic E-state index is 14.5. The first-order chi connectivity index (χ1) is 23.7. The van der Waals surface area contributed by atoms with Crippen molar-refractivity contribution in [3.63, 3.8) is 0 Å². The number of hydrogen-bond acceptors (Lipinski definition) is 9. The van der Waals surface area contributed by atoms with E-state index in [1.165, 1.54) is 30.3 Å². The summed E-state index contributed by atoms with van der Waals surface area (Å²) in [5, 5.41) is 15.0. The minimum absolute atomic E-state index is 0.0387. The largest absolute Gasteiger partial charge is 0.496 e. The molecule has 50 heavy (non-hydrogen) atoms. The minimum atomic E-state index is -3.92. The molecule has 0 spiro atoms. The topological polar surface area (TPSA) is 193 Å². The number of sulfonamides is 1. The van der Waals surface area contributed by atoms with E-state index in [-0.39, 0.29) is 36.9 Å². The van der Waals surface area contributed by atoms with Crippen molar-refractivity contribution >= 4 is 44.6 Å². The van der Waals surface area contributed by atoms with E-state index < -0.39 is 80.5 Å². The Bertz CT molecular complexity index is 1840. The molecule has 270 valence electrons. The molecule has 4 amide bonds. The van der Waals surface area contributed by atoms with E-state index in [1.54, 1.807) is 13.0 Å². The molecule has 4 aliphatic rings. The van der Waals surface area contributed by atoms with Crippen LogP contribution in [0.3, 0.4) is 0 Å². The molecule has 0 bridgehead atoms. The summed E-state index contributed by atoms with van der Waals surface area (Å²) in [6, 6.07) is 1.67. The van der Waals surface area contributed by atoms with Crippen LogP contribution in [0, 0.1) is 23.6 Å². The normalized spacial score (nSPS) is 30.3. The maximum Gasteiger partial charge on any atom is 0.405 e. The van der Waals surface area contributed by atoms with Gasteiger partial charge in [-0.2, -0.15) is 0 Å². The van der Waals surface area contributed by atoms with E-state index >= 15 is 0 Å². The Morgan fingerprint density at radius 3 is 2.60 bits per heavy atom. The molecule has 16 heteroatoms. The van der Waals surface area contributed by atoms with Crippen LogP contribution in [-0.4, -0.2) is 89.9 Å². The quantitative estimate of drug-likeness (QED) is 0.310. The van der Waals surface area contributed by atoms with Crippen molar-refractivity contribution in [1.82, 2.24) is 25.2 Å². The number of amides is 4. The van der Waals surface area contributed by atoms with Crippen molar-refractivity contribution in [3.8, 4) is 11.6 Å². The first kappa shape index (κ1) is 35.4. The van der Waals surface area contributed by atoms with E-state index in [2.05, 4.69) is 20.3 Å². The van der Waals surface area contributed by atoms with Gasteiger partial charge < -0.3 is 30.1 Å². The number of rotatable bonds is 7. The number of hydrogen-bond donors (Lipinski definition) is 4. The van der Waals surface area contributed by atoms with Gasteiger partial charge in [0.1, 0.15) is 35.3 Å². The fourth-order valence-electron chi connectivity index (χ4n) is 7.24. The number of nitrogens with zero attached hydrogens (tertiary/aromatic N) is 2. The van der Waals surface area contributed by atoms with Crippen molar-refractivity contribution in [2.75, 3.05) is 13.7 Å². The summed E-state index contributed by atoms with van der Waals surface area (Å²) in [6.07, 6.45) is 5.75.